The Hall–Kier alpha value is -1.10. The molecule has 1 aliphatic carbocycles. The molecule has 0 aromatic carbocycles. The van der Waals surface area contributed by atoms with E-state index in [0.29, 0.717) is 18.3 Å². The van der Waals surface area contributed by atoms with Crippen molar-refractivity contribution >= 4 is 11.8 Å². The fraction of sp³-hybridized carbons (Fsp3) is 0.909. The van der Waals surface area contributed by atoms with Crippen LogP contribution in [0.2, 0.25) is 0 Å². The van der Waals surface area contributed by atoms with E-state index in [1.807, 2.05) is 4.90 Å². The van der Waals surface area contributed by atoms with E-state index in [1.165, 1.54) is 12.8 Å². The Bertz CT molecular complexity index is 486. The second kappa shape index (κ2) is 9.90. The Labute approximate surface area is 166 Å². The van der Waals surface area contributed by atoms with Crippen molar-refractivity contribution in [1.82, 2.24) is 15.1 Å². The van der Waals surface area contributed by atoms with E-state index in [-0.39, 0.29) is 23.3 Å². The van der Waals surface area contributed by atoms with Crippen LogP contribution in [0.15, 0.2) is 0 Å². The lowest BCUT2D eigenvalue weighted by molar-refractivity contribution is -0.136. The summed E-state index contributed by atoms with van der Waals surface area (Å²) in [6.07, 6.45) is 6.47. The van der Waals surface area contributed by atoms with Gasteiger partial charge in [0.2, 0.25) is 11.8 Å². The van der Waals surface area contributed by atoms with E-state index in [2.05, 4.69) is 44.8 Å². The molecule has 2 aliphatic rings. The molecule has 5 nitrogen and oxygen atoms in total. The van der Waals surface area contributed by atoms with Crippen molar-refractivity contribution in [3.63, 3.8) is 0 Å². The van der Waals surface area contributed by atoms with Gasteiger partial charge in [0.05, 0.1) is 6.04 Å². The van der Waals surface area contributed by atoms with Gasteiger partial charge in [-0.1, -0.05) is 53.9 Å². The van der Waals surface area contributed by atoms with Crippen molar-refractivity contribution in [3.8, 4) is 0 Å². The molecule has 1 saturated carbocycles. The quantitative estimate of drug-likeness (QED) is 0.738. The van der Waals surface area contributed by atoms with Gasteiger partial charge in [-0.05, 0) is 30.1 Å². The number of hydrogen-bond acceptors (Lipinski definition) is 3. The normalized spacial score (nSPS) is 21.9. The predicted molar refractivity (Wildman–Crippen MR) is 110 cm³/mol. The third-order valence-corrected chi connectivity index (χ3v) is 6.18. The molecule has 2 fully saturated rings. The number of carbonyl (C=O) groups excluding carboxylic acids is 2. The summed E-state index contributed by atoms with van der Waals surface area (Å²) < 4.78 is 0. The molecule has 1 saturated heterocycles. The average molecular weight is 380 g/mol. The topological polar surface area (TPSA) is 52.7 Å². The van der Waals surface area contributed by atoms with E-state index >= 15 is 0 Å². The number of nitrogens with one attached hydrogen (secondary N) is 1. The Morgan fingerprint density at radius 3 is 2.19 bits per heavy atom. The first-order valence-corrected chi connectivity index (χ1v) is 11.0. The van der Waals surface area contributed by atoms with Gasteiger partial charge in [0.1, 0.15) is 0 Å². The number of carbonyl (C=O) groups is 2. The van der Waals surface area contributed by atoms with E-state index in [4.69, 9.17) is 0 Å². The second-order valence-electron chi connectivity index (χ2n) is 9.90. The van der Waals surface area contributed by atoms with Crippen molar-refractivity contribution in [1.29, 1.82) is 0 Å². The van der Waals surface area contributed by atoms with Crippen LogP contribution in [0.1, 0.15) is 73.1 Å². The summed E-state index contributed by atoms with van der Waals surface area (Å²) in [7, 11) is 0. The molecular weight excluding hydrogens is 338 g/mol. The molecule has 1 heterocycles. The minimum atomic E-state index is -0.0172. The molecule has 2 amide bonds. The standard InChI is InChI=1S/C22H41N3O2/c1-6-17(2)16-23-21(27)20(18-9-7-8-10-18)25-13-11-24(12-14-25)19(26)15-22(3,4)5/h17-18,20H,6-16H2,1-5H3,(H,23,27). The molecular formula is C22H41N3O2. The van der Waals surface area contributed by atoms with Gasteiger partial charge in [0.15, 0.2) is 0 Å². The third-order valence-electron chi connectivity index (χ3n) is 6.18. The molecule has 1 N–H and O–H groups in total. The molecule has 0 bridgehead atoms. The van der Waals surface area contributed by atoms with Crippen LogP contribution in [0.3, 0.4) is 0 Å². The van der Waals surface area contributed by atoms with Crippen molar-refractivity contribution < 1.29 is 9.59 Å². The summed E-state index contributed by atoms with van der Waals surface area (Å²) in [5, 5.41) is 3.21. The van der Waals surface area contributed by atoms with Crippen LogP contribution in [0.4, 0.5) is 0 Å². The lowest BCUT2D eigenvalue weighted by Gasteiger charge is -2.41. The monoisotopic (exact) mass is 379 g/mol. The molecule has 0 spiro atoms. The van der Waals surface area contributed by atoms with E-state index < -0.39 is 0 Å². The molecule has 156 valence electrons. The van der Waals surface area contributed by atoms with Gasteiger partial charge in [-0.25, -0.2) is 0 Å². The fourth-order valence-corrected chi connectivity index (χ4v) is 4.29. The lowest BCUT2D eigenvalue weighted by Crippen LogP contribution is -2.58. The molecule has 0 aromatic heterocycles. The first-order chi connectivity index (χ1) is 12.7. The number of nitrogens with zero attached hydrogens (tertiary/aromatic N) is 2. The van der Waals surface area contributed by atoms with Crippen molar-refractivity contribution in [2.45, 2.75) is 79.2 Å². The minimum absolute atomic E-state index is 0.0172. The zero-order valence-electron chi connectivity index (χ0n) is 18.2. The summed E-state index contributed by atoms with van der Waals surface area (Å²) in [4.78, 5) is 29.9. The van der Waals surface area contributed by atoms with Crippen LogP contribution in [-0.4, -0.2) is 60.4 Å². The first-order valence-electron chi connectivity index (χ1n) is 11.0. The SMILES string of the molecule is CCC(C)CNC(=O)C(C1CCCC1)N1CCN(C(=O)CC(C)(C)C)CC1. The highest BCUT2D eigenvalue weighted by molar-refractivity contribution is 5.82. The number of amides is 2. The zero-order chi connectivity index (χ0) is 20.0. The molecule has 2 unspecified atom stereocenters. The molecule has 1 aliphatic heterocycles. The van der Waals surface area contributed by atoms with E-state index in [1.54, 1.807) is 0 Å². The van der Waals surface area contributed by atoms with Crippen molar-refractivity contribution in [2.24, 2.45) is 17.3 Å². The smallest absolute Gasteiger partial charge is 0.237 e. The van der Waals surface area contributed by atoms with Crippen LogP contribution >= 0.6 is 0 Å². The highest BCUT2D eigenvalue weighted by Gasteiger charge is 2.37. The Morgan fingerprint density at radius 1 is 1.07 bits per heavy atom. The highest BCUT2D eigenvalue weighted by atomic mass is 16.2. The van der Waals surface area contributed by atoms with Crippen LogP contribution in [0.25, 0.3) is 0 Å². The van der Waals surface area contributed by atoms with Crippen LogP contribution in [-0.2, 0) is 9.59 Å². The number of piperazine rings is 1. The maximum absolute atomic E-state index is 13.0. The van der Waals surface area contributed by atoms with Gasteiger partial charge in [-0.3, -0.25) is 14.5 Å². The van der Waals surface area contributed by atoms with Crippen molar-refractivity contribution in [3.05, 3.63) is 0 Å². The van der Waals surface area contributed by atoms with Crippen LogP contribution in [0.5, 0.6) is 0 Å². The predicted octanol–water partition coefficient (Wildman–Crippen LogP) is 3.29. The maximum Gasteiger partial charge on any atom is 0.237 e. The molecule has 0 aromatic rings. The van der Waals surface area contributed by atoms with Gasteiger partial charge < -0.3 is 10.2 Å². The van der Waals surface area contributed by atoms with Crippen molar-refractivity contribution in [2.75, 3.05) is 32.7 Å². The summed E-state index contributed by atoms with van der Waals surface area (Å²) in [6.45, 7) is 14.6. The molecule has 27 heavy (non-hydrogen) atoms. The Morgan fingerprint density at radius 2 is 1.67 bits per heavy atom. The molecule has 2 rings (SSSR count). The van der Waals surface area contributed by atoms with Gasteiger partial charge in [-0.15, -0.1) is 0 Å². The van der Waals surface area contributed by atoms with Crippen LogP contribution in [0, 0.1) is 17.3 Å². The number of rotatable bonds is 7. The molecule has 2 atom stereocenters. The van der Waals surface area contributed by atoms with Gasteiger partial charge >= 0.3 is 0 Å². The Balaban J connectivity index is 1.94. The Kier molecular flexibility index (Phi) is 8.14. The first kappa shape index (κ1) is 22.2. The summed E-state index contributed by atoms with van der Waals surface area (Å²) in [5.74, 6) is 1.45. The molecule has 5 heteroatoms. The average Bonchev–Trinajstić information content (AvgIpc) is 3.13. The summed E-state index contributed by atoms with van der Waals surface area (Å²) in [6, 6.07) is -0.0172. The second-order valence-corrected chi connectivity index (χ2v) is 9.90. The van der Waals surface area contributed by atoms with Gasteiger partial charge in [0.25, 0.3) is 0 Å². The number of hydrogen-bond donors (Lipinski definition) is 1. The third kappa shape index (κ3) is 6.78. The highest BCUT2D eigenvalue weighted by Crippen LogP contribution is 2.31. The molecule has 0 radical (unpaired) electrons. The summed E-state index contributed by atoms with van der Waals surface area (Å²) >= 11 is 0. The largest absolute Gasteiger partial charge is 0.354 e. The minimum Gasteiger partial charge on any atom is -0.354 e. The fourth-order valence-electron chi connectivity index (χ4n) is 4.29. The zero-order valence-corrected chi connectivity index (χ0v) is 18.2. The van der Waals surface area contributed by atoms with Gasteiger partial charge in [-0.2, -0.15) is 0 Å². The van der Waals surface area contributed by atoms with E-state index in [9.17, 15) is 9.59 Å². The lowest BCUT2D eigenvalue weighted by atomic mass is 9.91. The van der Waals surface area contributed by atoms with Gasteiger partial charge in [0, 0.05) is 39.1 Å². The maximum atomic E-state index is 13.0. The van der Waals surface area contributed by atoms with Crippen LogP contribution < -0.4 is 5.32 Å². The van der Waals surface area contributed by atoms with E-state index in [0.717, 1.165) is 52.0 Å². The summed E-state index contributed by atoms with van der Waals surface area (Å²) in [5.41, 5.74) is 0.0243.